The van der Waals surface area contributed by atoms with Gasteiger partial charge in [-0.25, -0.2) is 8.78 Å². The molecule has 108 valence electrons. The van der Waals surface area contributed by atoms with Crippen LogP contribution in [-0.4, -0.2) is 5.88 Å². The Morgan fingerprint density at radius 3 is 2.67 bits per heavy atom. The summed E-state index contributed by atoms with van der Waals surface area (Å²) in [7, 11) is 0. The maximum Gasteiger partial charge on any atom is 0.138 e. The van der Waals surface area contributed by atoms with E-state index >= 15 is 0 Å². The zero-order valence-electron chi connectivity index (χ0n) is 10.8. The molecule has 5 heteroatoms. The molecule has 0 aliphatic heterocycles. The summed E-state index contributed by atoms with van der Waals surface area (Å²) >= 11 is 11.3. The minimum Gasteiger partial charge on any atom is -0.487 e. The molecule has 21 heavy (non-hydrogen) atoms. The van der Waals surface area contributed by atoms with E-state index in [0.29, 0.717) is 10.6 Å². The summed E-state index contributed by atoms with van der Waals surface area (Å²) < 4.78 is 32.3. The van der Waals surface area contributed by atoms with Crippen LogP contribution in [0, 0.1) is 23.5 Å². The zero-order valence-corrected chi connectivity index (χ0v) is 12.3. The molecule has 0 aliphatic carbocycles. The lowest BCUT2D eigenvalue weighted by Crippen LogP contribution is -2.00. The van der Waals surface area contributed by atoms with Crippen molar-refractivity contribution in [2.75, 3.05) is 5.88 Å². The quantitative estimate of drug-likeness (QED) is 0.582. The van der Waals surface area contributed by atoms with Crippen LogP contribution < -0.4 is 4.74 Å². The van der Waals surface area contributed by atoms with Crippen LogP contribution in [0.3, 0.4) is 0 Å². The first-order chi connectivity index (χ1) is 10.1. The van der Waals surface area contributed by atoms with Crippen LogP contribution in [0.1, 0.15) is 11.1 Å². The van der Waals surface area contributed by atoms with E-state index in [1.165, 1.54) is 36.4 Å². The van der Waals surface area contributed by atoms with Gasteiger partial charge in [0, 0.05) is 16.7 Å². The Hall–Kier alpha value is -1.76. The Morgan fingerprint density at radius 2 is 1.90 bits per heavy atom. The van der Waals surface area contributed by atoms with Gasteiger partial charge in [-0.1, -0.05) is 23.4 Å². The van der Waals surface area contributed by atoms with Crippen LogP contribution in [0.2, 0.25) is 5.02 Å². The van der Waals surface area contributed by atoms with Crippen LogP contribution >= 0.6 is 23.2 Å². The van der Waals surface area contributed by atoms with E-state index in [4.69, 9.17) is 27.9 Å². The summed E-state index contributed by atoms with van der Waals surface area (Å²) in [6, 6.07) is 8.10. The standard InChI is InChI=1S/C16H10Cl2F2O/c17-7-1-2-11-3-5-14(19)9-16(11)21-10-12-8-13(18)4-6-15(12)20/h3-6,8-9H,7,10H2. The molecule has 0 spiro atoms. The maximum atomic E-state index is 13.6. The van der Waals surface area contributed by atoms with Crippen LogP contribution in [0.15, 0.2) is 36.4 Å². The molecule has 0 bridgehead atoms. The highest BCUT2D eigenvalue weighted by molar-refractivity contribution is 6.30. The molecular weight excluding hydrogens is 317 g/mol. The molecule has 0 saturated carbocycles. The molecule has 0 N–H and O–H groups in total. The van der Waals surface area contributed by atoms with E-state index in [-0.39, 0.29) is 23.8 Å². The first-order valence-electron chi connectivity index (χ1n) is 6.01. The number of hydrogen-bond acceptors (Lipinski definition) is 1. The molecule has 2 aromatic carbocycles. The van der Waals surface area contributed by atoms with Crippen molar-refractivity contribution in [3.63, 3.8) is 0 Å². The van der Waals surface area contributed by atoms with E-state index in [2.05, 4.69) is 11.8 Å². The van der Waals surface area contributed by atoms with Gasteiger partial charge in [0.25, 0.3) is 0 Å². The fourth-order valence-electron chi connectivity index (χ4n) is 1.66. The number of rotatable bonds is 3. The molecule has 0 fully saturated rings. The summed E-state index contributed by atoms with van der Waals surface area (Å²) in [4.78, 5) is 0. The average Bonchev–Trinajstić information content (AvgIpc) is 2.47. The van der Waals surface area contributed by atoms with Gasteiger partial charge < -0.3 is 4.74 Å². The lowest BCUT2D eigenvalue weighted by molar-refractivity contribution is 0.297. The van der Waals surface area contributed by atoms with Gasteiger partial charge in [-0.2, -0.15) is 0 Å². The molecule has 0 atom stereocenters. The SMILES string of the molecule is Fc1ccc(C#CCCl)c(OCc2cc(Cl)ccc2F)c1. The van der Waals surface area contributed by atoms with E-state index in [9.17, 15) is 8.78 Å². The Morgan fingerprint density at radius 1 is 1.10 bits per heavy atom. The van der Waals surface area contributed by atoms with Crippen LogP contribution in [0.4, 0.5) is 8.78 Å². The van der Waals surface area contributed by atoms with Crippen molar-refractivity contribution in [3.05, 3.63) is 64.2 Å². The van der Waals surface area contributed by atoms with Crippen molar-refractivity contribution in [3.8, 4) is 17.6 Å². The monoisotopic (exact) mass is 326 g/mol. The minimum absolute atomic E-state index is 0.0780. The van der Waals surface area contributed by atoms with Gasteiger partial charge in [0.15, 0.2) is 0 Å². The van der Waals surface area contributed by atoms with Crippen molar-refractivity contribution in [2.24, 2.45) is 0 Å². The zero-order chi connectivity index (χ0) is 15.2. The summed E-state index contributed by atoms with van der Waals surface area (Å²) in [5.74, 6) is 4.90. The molecule has 0 saturated heterocycles. The summed E-state index contributed by atoms with van der Waals surface area (Å²) in [6.45, 7) is -0.0780. The number of benzene rings is 2. The number of halogens is 4. The second kappa shape index (κ2) is 7.31. The summed E-state index contributed by atoms with van der Waals surface area (Å²) in [5, 5.41) is 0.399. The highest BCUT2D eigenvalue weighted by Crippen LogP contribution is 2.22. The van der Waals surface area contributed by atoms with Crippen molar-refractivity contribution in [1.29, 1.82) is 0 Å². The Labute approximate surface area is 131 Å². The van der Waals surface area contributed by atoms with Crippen molar-refractivity contribution < 1.29 is 13.5 Å². The van der Waals surface area contributed by atoms with Gasteiger partial charge >= 0.3 is 0 Å². The molecule has 0 unspecified atom stereocenters. The third-order valence-electron chi connectivity index (χ3n) is 2.62. The van der Waals surface area contributed by atoms with Crippen molar-refractivity contribution >= 4 is 23.2 Å². The Bertz CT molecular complexity index is 705. The highest BCUT2D eigenvalue weighted by Gasteiger charge is 2.07. The van der Waals surface area contributed by atoms with E-state index in [0.717, 1.165) is 0 Å². The van der Waals surface area contributed by atoms with Crippen molar-refractivity contribution in [1.82, 2.24) is 0 Å². The van der Waals surface area contributed by atoms with E-state index in [1.54, 1.807) is 0 Å². The van der Waals surface area contributed by atoms with E-state index in [1.807, 2.05) is 0 Å². The van der Waals surface area contributed by atoms with Crippen LogP contribution in [0.25, 0.3) is 0 Å². The maximum absolute atomic E-state index is 13.6. The lowest BCUT2D eigenvalue weighted by Gasteiger charge is -2.09. The third kappa shape index (κ3) is 4.35. The molecule has 1 nitrogen and oxygen atoms in total. The Balaban J connectivity index is 2.23. The van der Waals surface area contributed by atoms with Gasteiger partial charge in [-0.15, -0.1) is 11.6 Å². The first-order valence-corrected chi connectivity index (χ1v) is 6.92. The van der Waals surface area contributed by atoms with Gasteiger partial charge in [-0.3, -0.25) is 0 Å². The van der Waals surface area contributed by atoms with Gasteiger partial charge in [-0.05, 0) is 30.3 Å². The average molecular weight is 327 g/mol. The minimum atomic E-state index is -0.465. The van der Waals surface area contributed by atoms with Gasteiger partial charge in [0.1, 0.15) is 24.0 Å². The predicted molar refractivity (Wildman–Crippen MR) is 79.7 cm³/mol. The summed E-state index contributed by atoms with van der Waals surface area (Å²) in [6.07, 6.45) is 0. The predicted octanol–water partition coefficient (Wildman–Crippen LogP) is 4.79. The molecule has 2 aromatic rings. The van der Waals surface area contributed by atoms with Gasteiger partial charge in [0.05, 0.1) is 11.4 Å². The van der Waals surface area contributed by atoms with Gasteiger partial charge in [0.2, 0.25) is 0 Å². The van der Waals surface area contributed by atoms with Crippen LogP contribution in [0.5, 0.6) is 5.75 Å². The first kappa shape index (κ1) is 15.6. The topological polar surface area (TPSA) is 9.23 Å². The normalized spacial score (nSPS) is 9.90. The molecule has 0 aliphatic rings. The molecule has 0 heterocycles. The molecule has 2 rings (SSSR count). The Kier molecular flexibility index (Phi) is 5.44. The fourth-order valence-corrected chi connectivity index (χ4v) is 1.92. The molecule has 0 amide bonds. The number of alkyl halides is 1. The van der Waals surface area contributed by atoms with E-state index < -0.39 is 11.6 Å². The smallest absolute Gasteiger partial charge is 0.138 e. The molecule has 0 radical (unpaired) electrons. The molecule has 0 aromatic heterocycles. The van der Waals surface area contributed by atoms with Crippen molar-refractivity contribution in [2.45, 2.75) is 6.61 Å². The highest BCUT2D eigenvalue weighted by atomic mass is 35.5. The third-order valence-corrected chi connectivity index (χ3v) is 2.99. The lowest BCUT2D eigenvalue weighted by atomic mass is 10.2. The number of ether oxygens (including phenoxy) is 1. The molecular formula is C16H10Cl2F2O. The second-order valence-electron chi connectivity index (χ2n) is 4.10. The van der Waals surface area contributed by atoms with Crippen LogP contribution in [-0.2, 0) is 6.61 Å². The largest absolute Gasteiger partial charge is 0.487 e. The fraction of sp³-hybridized carbons (Fsp3) is 0.125. The number of hydrogen-bond donors (Lipinski definition) is 0. The summed E-state index contributed by atoms with van der Waals surface area (Å²) in [5.41, 5.74) is 0.766. The second-order valence-corrected chi connectivity index (χ2v) is 4.80.